The lowest BCUT2D eigenvalue weighted by Gasteiger charge is -2.13. The fourth-order valence-electron chi connectivity index (χ4n) is 1.64. The smallest absolute Gasteiger partial charge is 0.347 e. The lowest BCUT2D eigenvalue weighted by atomic mass is 10.1. The third-order valence-electron chi connectivity index (χ3n) is 2.64. The Morgan fingerprint density at radius 1 is 1.27 bits per heavy atom. The molecule has 2 aromatic rings. The molecule has 0 aliphatic rings. The van der Waals surface area contributed by atoms with Crippen LogP contribution in [0.25, 0.3) is 11.3 Å². The predicted octanol–water partition coefficient (Wildman–Crippen LogP) is 5.92. The van der Waals surface area contributed by atoms with Crippen LogP contribution in [0.4, 0.5) is 17.6 Å². The lowest BCUT2D eigenvalue weighted by molar-refractivity contribution is -0.0564. The summed E-state index contributed by atoms with van der Waals surface area (Å²) in [6.07, 6.45) is -3.82. The highest BCUT2D eigenvalue weighted by molar-refractivity contribution is 9.10. The maximum Gasteiger partial charge on any atom is 0.359 e. The van der Waals surface area contributed by atoms with E-state index in [1.54, 1.807) is 24.3 Å². The molecule has 9 heteroatoms. The number of nitriles is 1. The Kier molecular flexibility index (Phi) is 5.10. The number of H-pyrrole nitrogens is 1. The number of nitrogens with one attached hydrogen (secondary N) is 1. The fourth-order valence-corrected chi connectivity index (χ4v) is 3.10. The minimum atomic E-state index is -4.27. The van der Waals surface area contributed by atoms with Gasteiger partial charge in [0.05, 0.1) is 20.8 Å². The van der Waals surface area contributed by atoms with Crippen molar-refractivity contribution in [2.24, 2.45) is 0 Å². The van der Waals surface area contributed by atoms with E-state index >= 15 is 0 Å². The molecule has 1 aromatic heterocycles. The number of hydrogen-bond donors (Lipinski definition) is 1. The summed E-state index contributed by atoms with van der Waals surface area (Å²) in [6, 6.07) is 8.15. The van der Waals surface area contributed by atoms with E-state index in [-0.39, 0.29) is 32.5 Å². The van der Waals surface area contributed by atoms with Crippen molar-refractivity contribution in [3.63, 3.8) is 0 Å². The molecule has 0 saturated heterocycles. The number of nitrogens with zero attached hydrogens (tertiary/aromatic N) is 1. The zero-order valence-electron chi connectivity index (χ0n) is 10.5. The topological polar surface area (TPSA) is 39.6 Å². The van der Waals surface area contributed by atoms with Crippen LogP contribution in [0.15, 0.2) is 33.8 Å². The third kappa shape index (κ3) is 3.42. The van der Waals surface area contributed by atoms with E-state index in [2.05, 4.69) is 20.9 Å². The quantitative estimate of drug-likeness (QED) is 0.499. The van der Waals surface area contributed by atoms with Crippen LogP contribution in [0, 0.1) is 11.3 Å². The van der Waals surface area contributed by atoms with Crippen molar-refractivity contribution in [1.82, 2.24) is 4.98 Å². The minimum absolute atomic E-state index is 0.0188. The molecule has 0 fully saturated rings. The normalized spacial score (nSPS) is 11.7. The van der Waals surface area contributed by atoms with Gasteiger partial charge in [0.2, 0.25) is 0 Å². The van der Waals surface area contributed by atoms with Gasteiger partial charge in [0.1, 0.15) is 6.07 Å². The van der Waals surface area contributed by atoms with Gasteiger partial charge >= 0.3 is 11.7 Å². The Morgan fingerprint density at radius 2 is 1.86 bits per heavy atom. The molecule has 0 unspecified atom stereocenters. The van der Waals surface area contributed by atoms with Crippen LogP contribution >= 0.6 is 39.3 Å². The Morgan fingerprint density at radius 3 is 2.36 bits per heavy atom. The Hall–Kier alpha value is -1.17. The summed E-state index contributed by atoms with van der Waals surface area (Å²) in [7, 11) is 0. The minimum Gasteiger partial charge on any atom is -0.347 e. The molecule has 22 heavy (non-hydrogen) atoms. The van der Waals surface area contributed by atoms with E-state index in [0.29, 0.717) is 10.6 Å². The monoisotopic (exact) mass is 412 g/mol. The second-order valence-electron chi connectivity index (χ2n) is 4.10. The van der Waals surface area contributed by atoms with E-state index in [0.717, 1.165) is 0 Å². The summed E-state index contributed by atoms with van der Waals surface area (Å²) in [5.74, 6) is 0. The summed E-state index contributed by atoms with van der Waals surface area (Å²) in [4.78, 5) is 2.58. The van der Waals surface area contributed by atoms with Crippen molar-refractivity contribution in [1.29, 1.82) is 5.26 Å². The van der Waals surface area contributed by atoms with Gasteiger partial charge in [-0.1, -0.05) is 23.7 Å². The molecular weight excluding hydrogens is 408 g/mol. The number of aromatic nitrogens is 1. The molecular formula is C13H6BrClF4N2S. The molecule has 0 aliphatic heterocycles. The number of benzene rings is 1. The van der Waals surface area contributed by atoms with Gasteiger partial charge in [0.25, 0.3) is 0 Å². The molecule has 0 amide bonds. The highest BCUT2D eigenvalue weighted by Gasteiger charge is 2.43. The third-order valence-corrected chi connectivity index (χ3v) is 4.91. The Labute approximate surface area is 140 Å². The first-order valence-corrected chi connectivity index (χ1v) is 7.67. The maximum atomic E-state index is 13.2. The van der Waals surface area contributed by atoms with Crippen LogP contribution in [0.3, 0.4) is 0 Å². The van der Waals surface area contributed by atoms with Crippen molar-refractivity contribution in [2.45, 2.75) is 16.7 Å². The SMILES string of the molecule is N#Cc1c(-c2ccc(Cl)cc2)[nH]c(SC(F)(F)C(F)F)c1Br. The number of thioether (sulfide) groups is 1. The molecule has 0 atom stereocenters. The van der Waals surface area contributed by atoms with Gasteiger partial charge in [-0.25, -0.2) is 8.78 Å². The van der Waals surface area contributed by atoms with Crippen LogP contribution in [0.5, 0.6) is 0 Å². The molecule has 1 heterocycles. The number of alkyl halides is 4. The van der Waals surface area contributed by atoms with E-state index in [1.165, 1.54) is 0 Å². The molecule has 1 aromatic carbocycles. The van der Waals surface area contributed by atoms with Gasteiger partial charge in [-0.3, -0.25) is 0 Å². The van der Waals surface area contributed by atoms with Crippen LogP contribution in [-0.2, 0) is 0 Å². The molecule has 0 aliphatic carbocycles. The van der Waals surface area contributed by atoms with Crippen molar-refractivity contribution in [3.05, 3.63) is 39.3 Å². The first-order valence-electron chi connectivity index (χ1n) is 5.68. The number of hydrogen-bond acceptors (Lipinski definition) is 2. The lowest BCUT2D eigenvalue weighted by Crippen LogP contribution is -2.21. The zero-order chi connectivity index (χ0) is 16.5. The van der Waals surface area contributed by atoms with Crippen LogP contribution in [0.2, 0.25) is 5.02 Å². The predicted molar refractivity (Wildman–Crippen MR) is 80.5 cm³/mol. The summed E-state index contributed by atoms with van der Waals surface area (Å²) < 4.78 is 51.0. The molecule has 0 spiro atoms. The summed E-state index contributed by atoms with van der Waals surface area (Å²) in [6.45, 7) is 0. The molecule has 2 nitrogen and oxygen atoms in total. The number of halogens is 6. The second kappa shape index (κ2) is 6.52. The molecule has 0 bridgehead atoms. The van der Waals surface area contributed by atoms with Gasteiger partial charge in [-0.05, 0) is 45.4 Å². The van der Waals surface area contributed by atoms with Crippen molar-refractivity contribution < 1.29 is 17.6 Å². The summed E-state index contributed by atoms with van der Waals surface area (Å²) >= 11 is 8.42. The van der Waals surface area contributed by atoms with E-state index in [1.807, 2.05) is 6.07 Å². The molecule has 0 radical (unpaired) electrons. The van der Waals surface area contributed by atoms with Gasteiger partial charge in [0, 0.05) is 5.02 Å². The van der Waals surface area contributed by atoms with E-state index in [9.17, 15) is 17.6 Å². The Bertz CT molecular complexity index is 725. The number of aromatic amines is 1. The van der Waals surface area contributed by atoms with Crippen LogP contribution in [0.1, 0.15) is 5.56 Å². The van der Waals surface area contributed by atoms with E-state index in [4.69, 9.17) is 16.9 Å². The molecule has 0 saturated carbocycles. The maximum absolute atomic E-state index is 13.2. The average molecular weight is 414 g/mol. The highest BCUT2D eigenvalue weighted by atomic mass is 79.9. The number of rotatable bonds is 4. The fraction of sp³-hybridized carbons (Fsp3) is 0.154. The molecule has 116 valence electrons. The van der Waals surface area contributed by atoms with Crippen molar-refractivity contribution >= 4 is 39.3 Å². The molecule has 2 rings (SSSR count). The standard InChI is InChI=1S/C13H6BrClF4N2S/c14-9-8(5-20)10(6-1-3-7(15)4-2-6)21-11(9)22-13(18,19)12(16)17/h1-4,12,21H. The second-order valence-corrected chi connectivity index (χ2v) is 6.49. The van der Waals surface area contributed by atoms with Gasteiger partial charge in [-0.2, -0.15) is 14.0 Å². The van der Waals surface area contributed by atoms with Crippen molar-refractivity contribution in [3.8, 4) is 17.3 Å². The first kappa shape index (κ1) is 17.2. The van der Waals surface area contributed by atoms with Gasteiger partial charge < -0.3 is 4.98 Å². The van der Waals surface area contributed by atoms with Crippen molar-refractivity contribution in [2.75, 3.05) is 0 Å². The average Bonchev–Trinajstić information content (AvgIpc) is 2.75. The summed E-state index contributed by atoms with van der Waals surface area (Å²) in [5, 5.41) is 5.12. The van der Waals surface area contributed by atoms with E-state index < -0.39 is 11.7 Å². The molecule has 1 N–H and O–H groups in total. The van der Waals surface area contributed by atoms with Crippen LogP contribution < -0.4 is 0 Å². The summed E-state index contributed by atoms with van der Waals surface area (Å²) in [5.41, 5.74) is 0.822. The van der Waals surface area contributed by atoms with Crippen LogP contribution in [-0.4, -0.2) is 16.7 Å². The largest absolute Gasteiger partial charge is 0.359 e. The Balaban J connectivity index is 2.48. The van der Waals surface area contributed by atoms with Gasteiger partial charge in [0.15, 0.2) is 0 Å². The highest BCUT2D eigenvalue weighted by Crippen LogP contribution is 2.45. The zero-order valence-corrected chi connectivity index (χ0v) is 13.7. The van der Waals surface area contributed by atoms with Gasteiger partial charge in [-0.15, -0.1) is 0 Å². The first-order chi connectivity index (χ1) is 10.3.